The SMILES string of the molecule is CCNC(c1csc(C)c1)c1csnn1. The van der Waals surface area contributed by atoms with Crippen molar-refractivity contribution in [3.8, 4) is 0 Å². The van der Waals surface area contributed by atoms with Crippen LogP contribution in [0.15, 0.2) is 16.8 Å². The van der Waals surface area contributed by atoms with Crippen LogP contribution in [0.2, 0.25) is 0 Å². The van der Waals surface area contributed by atoms with Crippen molar-refractivity contribution in [3.05, 3.63) is 33.0 Å². The lowest BCUT2D eigenvalue weighted by molar-refractivity contribution is 0.615. The fraction of sp³-hybridized carbons (Fsp3) is 0.400. The van der Waals surface area contributed by atoms with E-state index in [1.165, 1.54) is 22.0 Å². The molecule has 2 aromatic heterocycles. The lowest BCUT2D eigenvalue weighted by atomic mass is 10.1. The molecular formula is C10H13N3S2. The van der Waals surface area contributed by atoms with Gasteiger partial charge in [0.2, 0.25) is 0 Å². The maximum Gasteiger partial charge on any atom is 0.0970 e. The minimum absolute atomic E-state index is 0.193. The third-order valence-corrected chi connectivity index (χ3v) is 3.57. The number of nitrogens with one attached hydrogen (secondary N) is 1. The van der Waals surface area contributed by atoms with Crippen LogP contribution >= 0.6 is 22.9 Å². The van der Waals surface area contributed by atoms with Gasteiger partial charge in [0.15, 0.2) is 0 Å². The smallest absolute Gasteiger partial charge is 0.0970 e. The summed E-state index contributed by atoms with van der Waals surface area (Å²) in [6, 6.07) is 2.40. The molecule has 1 atom stereocenters. The van der Waals surface area contributed by atoms with Gasteiger partial charge in [0.05, 0.1) is 11.7 Å². The van der Waals surface area contributed by atoms with Crippen LogP contribution in [0.5, 0.6) is 0 Å². The molecule has 0 aliphatic carbocycles. The van der Waals surface area contributed by atoms with Gasteiger partial charge in [-0.1, -0.05) is 11.4 Å². The average molecular weight is 239 g/mol. The van der Waals surface area contributed by atoms with E-state index in [-0.39, 0.29) is 6.04 Å². The molecule has 15 heavy (non-hydrogen) atoms. The van der Waals surface area contributed by atoms with Gasteiger partial charge in [-0.2, -0.15) is 0 Å². The fourth-order valence-electron chi connectivity index (χ4n) is 1.51. The largest absolute Gasteiger partial charge is 0.305 e. The van der Waals surface area contributed by atoms with Gasteiger partial charge in [-0.3, -0.25) is 0 Å². The Balaban J connectivity index is 2.27. The second-order valence-corrected chi connectivity index (χ2v) is 5.04. The lowest BCUT2D eigenvalue weighted by Gasteiger charge is -2.13. The molecule has 2 aromatic rings. The summed E-state index contributed by atoms with van der Waals surface area (Å²) in [4.78, 5) is 1.33. The van der Waals surface area contributed by atoms with Crippen molar-refractivity contribution >= 4 is 22.9 Å². The van der Waals surface area contributed by atoms with E-state index < -0.39 is 0 Å². The molecule has 0 bridgehead atoms. The number of rotatable bonds is 4. The predicted molar refractivity (Wildman–Crippen MR) is 64.5 cm³/mol. The Morgan fingerprint density at radius 3 is 2.87 bits per heavy atom. The Labute approximate surface area is 97.3 Å². The van der Waals surface area contributed by atoms with Gasteiger partial charge < -0.3 is 5.32 Å². The van der Waals surface area contributed by atoms with Crippen molar-refractivity contribution in [2.45, 2.75) is 19.9 Å². The van der Waals surface area contributed by atoms with Gasteiger partial charge in [0, 0.05) is 10.3 Å². The highest BCUT2D eigenvalue weighted by Crippen LogP contribution is 2.25. The molecule has 2 heterocycles. The minimum atomic E-state index is 0.193. The number of hydrogen-bond donors (Lipinski definition) is 1. The highest BCUT2D eigenvalue weighted by atomic mass is 32.1. The van der Waals surface area contributed by atoms with E-state index >= 15 is 0 Å². The molecule has 2 rings (SSSR count). The van der Waals surface area contributed by atoms with Crippen molar-refractivity contribution < 1.29 is 0 Å². The van der Waals surface area contributed by atoms with Crippen molar-refractivity contribution in [1.82, 2.24) is 14.9 Å². The summed E-state index contributed by atoms with van der Waals surface area (Å²) in [6.07, 6.45) is 0. The summed E-state index contributed by atoms with van der Waals surface area (Å²) < 4.78 is 3.91. The minimum Gasteiger partial charge on any atom is -0.305 e. The lowest BCUT2D eigenvalue weighted by Crippen LogP contribution is -2.21. The third-order valence-electron chi connectivity index (χ3n) is 2.17. The van der Waals surface area contributed by atoms with Crippen LogP contribution in [0, 0.1) is 6.92 Å². The summed E-state index contributed by atoms with van der Waals surface area (Å²) in [6.45, 7) is 5.15. The molecule has 1 unspecified atom stereocenters. The van der Waals surface area contributed by atoms with E-state index in [0.29, 0.717) is 0 Å². The molecule has 0 aliphatic rings. The standard InChI is InChI=1S/C10H13N3S2/c1-3-11-10(9-6-15-13-12-9)8-4-7(2)14-5-8/h4-6,10-11H,3H2,1-2H3. The van der Waals surface area contributed by atoms with E-state index in [1.807, 2.05) is 5.38 Å². The van der Waals surface area contributed by atoms with E-state index in [2.05, 4.69) is 40.2 Å². The molecule has 3 nitrogen and oxygen atoms in total. The summed E-state index contributed by atoms with van der Waals surface area (Å²) >= 11 is 3.17. The topological polar surface area (TPSA) is 37.8 Å². The molecule has 0 aromatic carbocycles. The summed E-state index contributed by atoms with van der Waals surface area (Å²) in [5.74, 6) is 0. The Hall–Kier alpha value is -0.780. The molecule has 0 spiro atoms. The molecule has 0 saturated carbocycles. The zero-order chi connectivity index (χ0) is 10.7. The van der Waals surface area contributed by atoms with Crippen LogP contribution in [0.4, 0.5) is 0 Å². The normalized spacial score (nSPS) is 12.9. The van der Waals surface area contributed by atoms with E-state index in [4.69, 9.17) is 0 Å². The number of aromatic nitrogens is 2. The van der Waals surface area contributed by atoms with Crippen molar-refractivity contribution in [2.75, 3.05) is 6.54 Å². The molecular weight excluding hydrogens is 226 g/mol. The van der Waals surface area contributed by atoms with Crippen LogP contribution in [0.3, 0.4) is 0 Å². The maximum atomic E-state index is 4.13. The van der Waals surface area contributed by atoms with Gasteiger partial charge >= 0.3 is 0 Å². The Bertz CT molecular complexity index is 408. The van der Waals surface area contributed by atoms with Crippen molar-refractivity contribution in [3.63, 3.8) is 0 Å². The first kappa shape index (κ1) is 10.7. The first-order valence-corrected chi connectivity index (χ1v) is 6.58. The third kappa shape index (κ3) is 2.42. The zero-order valence-electron chi connectivity index (χ0n) is 8.73. The van der Waals surface area contributed by atoms with Crippen LogP contribution in [0.1, 0.15) is 29.1 Å². The zero-order valence-corrected chi connectivity index (χ0v) is 10.4. The maximum absolute atomic E-state index is 4.13. The average Bonchev–Trinajstić information content (AvgIpc) is 2.85. The summed E-state index contributed by atoms with van der Waals surface area (Å²) in [5, 5.41) is 11.7. The Morgan fingerprint density at radius 2 is 2.33 bits per heavy atom. The van der Waals surface area contributed by atoms with Crippen molar-refractivity contribution in [2.24, 2.45) is 0 Å². The molecule has 0 aliphatic heterocycles. The second-order valence-electron chi connectivity index (χ2n) is 3.31. The van der Waals surface area contributed by atoms with Gasteiger partial charge in [0.25, 0.3) is 0 Å². The van der Waals surface area contributed by atoms with E-state index in [9.17, 15) is 0 Å². The van der Waals surface area contributed by atoms with E-state index in [0.717, 1.165) is 12.2 Å². The molecule has 0 amide bonds. The number of thiophene rings is 1. The number of hydrogen-bond acceptors (Lipinski definition) is 5. The Kier molecular flexibility index (Phi) is 3.45. The quantitative estimate of drug-likeness (QED) is 0.891. The summed E-state index contributed by atoms with van der Waals surface area (Å²) in [5.41, 5.74) is 2.30. The van der Waals surface area contributed by atoms with Crippen LogP contribution in [0.25, 0.3) is 0 Å². The highest BCUT2D eigenvalue weighted by Gasteiger charge is 2.16. The van der Waals surface area contributed by atoms with Gasteiger partial charge in [-0.05, 0) is 42.0 Å². The van der Waals surface area contributed by atoms with Crippen LogP contribution < -0.4 is 5.32 Å². The fourth-order valence-corrected chi connectivity index (χ4v) is 2.72. The van der Waals surface area contributed by atoms with Crippen molar-refractivity contribution in [1.29, 1.82) is 0 Å². The Morgan fingerprint density at radius 1 is 1.47 bits per heavy atom. The van der Waals surface area contributed by atoms with Gasteiger partial charge in [-0.25, -0.2) is 0 Å². The first-order chi connectivity index (χ1) is 7.31. The monoisotopic (exact) mass is 239 g/mol. The highest BCUT2D eigenvalue weighted by molar-refractivity contribution is 7.10. The predicted octanol–water partition coefficient (Wildman–Crippen LogP) is 2.61. The van der Waals surface area contributed by atoms with Crippen LogP contribution in [-0.4, -0.2) is 16.1 Å². The molecule has 5 heteroatoms. The molecule has 80 valence electrons. The molecule has 0 radical (unpaired) electrons. The second kappa shape index (κ2) is 4.83. The molecule has 1 N–H and O–H groups in total. The molecule has 0 saturated heterocycles. The number of aryl methyl sites for hydroxylation is 1. The molecule has 0 fully saturated rings. The first-order valence-electron chi connectivity index (χ1n) is 4.86. The number of nitrogens with zero attached hydrogens (tertiary/aromatic N) is 2. The van der Waals surface area contributed by atoms with Crippen LogP contribution in [-0.2, 0) is 0 Å². The van der Waals surface area contributed by atoms with Gasteiger partial charge in [0.1, 0.15) is 0 Å². The van der Waals surface area contributed by atoms with Gasteiger partial charge in [-0.15, -0.1) is 16.4 Å². The summed E-state index contributed by atoms with van der Waals surface area (Å²) in [7, 11) is 0. The van der Waals surface area contributed by atoms with E-state index in [1.54, 1.807) is 11.3 Å².